The summed E-state index contributed by atoms with van der Waals surface area (Å²) in [6.45, 7) is 3.18. The molecule has 0 aromatic carbocycles. The summed E-state index contributed by atoms with van der Waals surface area (Å²) in [6.07, 6.45) is 0.109. The van der Waals surface area contributed by atoms with Gasteiger partial charge in [-0.2, -0.15) is 0 Å². The number of morpholine rings is 1. The Morgan fingerprint density at radius 1 is 1.43 bits per heavy atom. The molecule has 1 N–H and O–H groups in total. The third-order valence-corrected chi connectivity index (χ3v) is 3.97. The fourth-order valence-electron chi connectivity index (χ4n) is 2.80. The molecular formula is C17H19ClN4O6. The van der Waals surface area contributed by atoms with E-state index in [1.165, 1.54) is 4.90 Å². The van der Waals surface area contributed by atoms with Gasteiger partial charge < -0.3 is 14.6 Å². The van der Waals surface area contributed by atoms with Gasteiger partial charge in [-0.25, -0.2) is 9.48 Å². The minimum atomic E-state index is -1.72. The van der Waals surface area contributed by atoms with Crippen LogP contribution in [-0.4, -0.2) is 63.1 Å². The molecule has 1 aliphatic rings. The average Bonchev–Trinajstić information content (AvgIpc) is 3.02. The van der Waals surface area contributed by atoms with Crippen LogP contribution in [0.1, 0.15) is 12.6 Å². The van der Waals surface area contributed by atoms with Crippen molar-refractivity contribution in [2.45, 2.75) is 26.1 Å². The van der Waals surface area contributed by atoms with E-state index in [0.717, 1.165) is 18.3 Å². The Labute approximate surface area is 166 Å². The van der Waals surface area contributed by atoms with Gasteiger partial charge >= 0.3 is 11.9 Å². The minimum absolute atomic E-state index is 0. The molecule has 0 saturated carbocycles. The van der Waals surface area contributed by atoms with E-state index in [0.29, 0.717) is 5.82 Å². The molecule has 0 aliphatic carbocycles. The number of ether oxygens (including phenoxy) is 2. The number of hydrogen-bond acceptors (Lipinski definition) is 7. The lowest BCUT2D eigenvalue weighted by atomic mass is 10.1. The molecule has 0 spiro atoms. The lowest BCUT2D eigenvalue weighted by Crippen LogP contribution is -2.55. The smallest absolute Gasteiger partial charge is 0.348 e. The second kappa shape index (κ2) is 8.81. The van der Waals surface area contributed by atoms with Crippen LogP contribution in [0.3, 0.4) is 0 Å². The maximum Gasteiger partial charge on any atom is 0.348 e. The van der Waals surface area contributed by atoms with E-state index in [2.05, 4.69) is 10.1 Å². The SMILES string of the molecule is CC(=O)O[C@@H](C(=O)O)[C@H]1OCCN(c2cc(C)n(-c3cccnc3)n2)C1=O.Cl. The zero-order valence-electron chi connectivity index (χ0n) is 15.1. The van der Waals surface area contributed by atoms with Crippen molar-refractivity contribution in [3.63, 3.8) is 0 Å². The van der Waals surface area contributed by atoms with Crippen molar-refractivity contribution in [2.24, 2.45) is 0 Å². The first-order chi connectivity index (χ1) is 12.9. The fraction of sp³-hybridized carbons (Fsp3) is 0.353. The normalized spacial score (nSPS) is 17.6. The number of aromatic nitrogens is 3. The van der Waals surface area contributed by atoms with Crippen LogP contribution in [0, 0.1) is 6.92 Å². The number of rotatable bonds is 5. The van der Waals surface area contributed by atoms with E-state index in [9.17, 15) is 19.5 Å². The molecule has 150 valence electrons. The number of nitrogens with zero attached hydrogens (tertiary/aromatic N) is 4. The highest BCUT2D eigenvalue weighted by Crippen LogP contribution is 2.23. The number of anilines is 1. The highest BCUT2D eigenvalue weighted by molar-refractivity contribution is 6.00. The van der Waals surface area contributed by atoms with Crippen molar-refractivity contribution in [2.75, 3.05) is 18.1 Å². The summed E-state index contributed by atoms with van der Waals surface area (Å²) < 4.78 is 11.7. The molecule has 1 fully saturated rings. The number of hydrogen-bond donors (Lipinski definition) is 1. The molecule has 0 radical (unpaired) electrons. The highest BCUT2D eigenvalue weighted by atomic mass is 35.5. The molecule has 3 rings (SSSR count). The Kier molecular flexibility index (Phi) is 6.71. The van der Waals surface area contributed by atoms with Crippen LogP contribution in [0.25, 0.3) is 5.69 Å². The Hall–Kier alpha value is -2.98. The van der Waals surface area contributed by atoms with Gasteiger partial charge in [0.15, 0.2) is 11.9 Å². The lowest BCUT2D eigenvalue weighted by molar-refractivity contribution is -0.177. The van der Waals surface area contributed by atoms with Crippen LogP contribution < -0.4 is 4.90 Å². The van der Waals surface area contributed by atoms with E-state index < -0.39 is 30.1 Å². The van der Waals surface area contributed by atoms with Crippen molar-refractivity contribution in [3.05, 3.63) is 36.3 Å². The van der Waals surface area contributed by atoms with Gasteiger partial charge in [0.1, 0.15) is 0 Å². The van der Waals surface area contributed by atoms with Crippen molar-refractivity contribution < 1.29 is 29.0 Å². The third kappa shape index (κ3) is 4.29. The zero-order chi connectivity index (χ0) is 19.6. The van der Waals surface area contributed by atoms with Crippen molar-refractivity contribution in [1.82, 2.24) is 14.8 Å². The number of carbonyl (C=O) groups excluding carboxylic acids is 2. The summed E-state index contributed by atoms with van der Waals surface area (Å²) in [5, 5.41) is 13.7. The number of carboxylic acids is 1. The van der Waals surface area contributed by atoms with Crippen LogP contribution in [-0.2, 0) is 23.9 Å². The van der Waals surface area contributed by atoms with E-state index in [-0.39, 0.29) is 25.6 Å². The molecule has 1 aliphatic heterocycles. The van der Waals surface area contributed by atoms with Crippen molar-refractivity contribution >= 4 is 36.1 Å². The van der Waals surface area contributed by atoms with Gasteiger partial charge in [0.05, 0.1) is 25.0 Å². The molecule has 2 aromatic heterocycles. The molecule has 28 heavy (non-hydrogen) atoms. The highest BCUT2D eigenvalue weighted by Gasteiger charge is 2.43. The Morgan fingerprint density at radius 2 is 2.18 bits per heavy atom. The van der Waals surface area contributed by atoms with Crippen LogP contribution in [0.2, 0.25) is 0 Å². The number of aliphatic carboxylic acids is 1. The average molecular weight is 411 g/mol. The predicted octanol–water partition coefficient (Wildman–Crippen LogP) is 0.746. The van der Waals surface area contributed by atoms with Gasteiger partial charge in [-0.3, -0.25) is 19.5 Å². The number of aryl methyl sites for hydroxylation is 1. The van der Waals surface area contributed by atoms with Crippen LogP contribution in [0.15, 0.2) is 30.6 Å². The first-order valence-electron chi connectivity index (χ1n) is 8.18. The molecule has 2 aromatic rings. The molecule has 11 heteroatoms. The molecule has 1 saturated heterocycles. The van der Waals surface area contributed by atoms with E-state index in [1.54, 1.807) is 29.2 Å². The van der Waals surface area contributed by atoms with E-state index in [4.69, 9.17) is 9.47 Å². The molecule has 3 heterocycles. The number of carboxylic acid groups (broad SMARTS) is 1. The predicted molar refractivity (Wildman–Crippen MR) is 98.6 cm³/mol. The topological polar surface area (TPSA) is 124 Å². The maximum absolute atomic E-state index is 12.8. The summed E-state index contributed by atoms with van der Waals surface area (Å²) >= 11 is 0. The van der Waals surface area contributed by atoms with Crippen LogP contribution >= 0.6 is 12.4 Å². The molecule has 1 amide bonds. The third-order valence-electron chi connectivity index (χ3n) is 3.97. The summed E-state index contributed by atoms with van der Waals surface area (Å²) in [5.74, 6) is -2.55. The largest absolute Gasteiger partial charge is 0.478 e. The summed E-state index contributed by atoms with van der Waals surface area (Å²) in [4.78, 5) is 40.8. The van der Waals surface area contributed by atoms with Crippen LogP contribution in [0.4, 0.5) is 5.82 Å². The van der Waals surface area contributed by atoms with E-state index in [1.807, 2.05) is 13.0 Å². The monoisotopic (exact) mass is 410 g/mol. The van der Waals surface area contributed by atoms with Gasteiger partial charge in [0.25, 0.3) is 5.91 Å². The summed E-state index contributed by atoms with van der Waals surface area (Å²) in [5.41, 5.74) is 1.49. The number of esters is 1. The second-order valence-corrected chi connectivity index (χ2v) is 5.92. The number of amides is 1. The summed E-state index contributed by atoms with van der Waals surface area (Å²) in [7, 11) is 0. The molecule has 0 unspecified atom stereocenters. The number of halogens is 1. The Bertz CT molecular complexity index is 872. The van der Waals surface area contributed by atoms with Gasteiger partial charge in [0, 0.05) is 24.9 Å². The maximum atomic E-state index is 12.8. The standard InChI is InChI=1S/C17H18N4O6.ClH/c1-10-8-13(19-21(10)12-4-3-5-18-9-12)20-6-7-26-14(16(20)23)15(17(24)25)27-11(2)22;/h3-5,8-9,14-15H,6-7H2,1-2H3,(H,24,25);1H/t14-,15-;/m1./s1. The molecule has 0 bridgehead atoms. The Morgan fingerprint density at radius 3 is 2.79 bits per heavy atom. The first-order valence-corrected chi connectivity index (χ1v) is 8.18. The molecule has 2 atom stereocenters. The summed E-state index contributed by atoms with van der Waals surface area (Å²) in [6, 6.07) is 5.29. The second-order valence-electron chi connectivity index (χ2n) is 5.92. The van der Waals surface area contributed by atoms with Crippen LogP contribution in [0.5, 0.6) is 0 Å². The number of pyridine rings is 1. The van der Waals surface area contributed by atoms with Gasteiger partial charge in [0.2, 0.25) is 6.10 Å². The minimum Gasteiger partial charge on any atom is -0.478 e. The first kappa shape index (κ1) is 21.3. The quantitative estimate of drug-likeness (QED) is 0.716. The zero-order valence-corrected chi connectivity index (χ0v) is 16.0. The van der Waals surface area contributed by atoms with Crippen molar-refractivity contribution in [1.29, 1.82) is 0 Å². The van der Waals surface area contributed by atoms with Crippen molar-refractivity contribution in [3.8, 4) is 5.69 Å². The molecule has 10 nitrogen and oxygen atoms in total. The van der Waals surface area contributed by atoms with Gasteiger partial charge in [-0.1, -0.05) is 0 Å². The Balaban J connectivity index is 0.00000280. The van der Waals surface area contributed by atoms with Gasteiger partial charge in [-0.05, 0) is 19.1 Å². The lowest BCUT2D eigenvalue weighted by Gasteiger charge is -2.33. The van der Waals surface area contributed by atoms with Gasteiger partial charge in [-0.15, -0.1) is 17.5 Å². The fourth-order valence-corrected chi connectivity index (χ4v) is 2.80. The van der Waals surface area contributed by atoms with E-state index >= 15 is 0 Å². The number of carbonyl (C=O) groups is 3. The molecular weight excluding hydrogens is 392 g/mol.